The maximum Gasteiger partial charge on any atom is 0.326 e. The molecule has 5 rings (SSSR count). The Kier molecular flexibility index (Phi) is 4.06. The molecule has 1 unspecified atom stereocenters. The normalized spacial score (nSPS) is 17.4. The number of hydrogen-bond acceptors (Lipinski definition) is 6. The van der Waals surface area contributed by atoms with E-state index in [1.165, 1.54) is 11.3 Å². The minimum Gasteiger partial charge on any atom is -0.453 e. The monoisotopic (exact) mass is 398 g/mol. The number of fused-ring (bicyclic) bond motifs is 2. The summed E-state index contributed by atoms with van der Waals surface area (Å²) in [7, 11) is 0. The van der Waals surface area contributed by atoms with Crippen LogP contribution in [0.5, 0.6) is 11.5 Å². The molecule has 4 aromatic rings. The van der Waals surface area contributed by atoms with Crippen LogP contribution in [0, 0.1) is 6.92 Å². The van der Waals surface area contributed by atoms with Crippen molar-refractivity contribution in [3.63, 3.8) is 0 Å². The Hall–Kier alpha value is -2.91. The molecule has 1 atom stereocenters. The Morgan fingerprint density at radius 1 is 1.29 bits per heavy atom. The number of aromatic amines is 2. The quantitative estimate of drug-likeness (QED) is 0.550. The van der Waals surface area contributed by atoms with Gasteiger partial charge in [-0.25, -0.2) is 9.48 Å². The molecule has 1 fully saturated rings. The predicted octanol–water partition coefficient (Wildman–Crippen LogP) is 3.43. The first-order valence-corrected chi connectivity index (χ1v) is 10.00. The number of hydrogen-bond donors (Lipinski definition) is 2. The SMILES string of the molecule is Cc1ccc2c(cnn2C2CCCCO2)c1Oc1csc2c(=O)[nH]c(=O)[nH]c12. The van der Waals surface area contributed by atoms with Gasteiger partial charge in [-0.15, -0.1) is 11.3 Å². The van der Waals surface area contributed by atoms with Gasteiger partial charge in [0.05, 0.1) is 17.1 Å². The number of H-pyrrole nitrogens is 2. The topological polar surface area (TPSA) is 102 Å². The molecule has 0 bridgehead atoms. The number of rotatable bonds is 3. The lowest BCUT2D eigenvalue weighted by Gasteiger charge is -2.23. The molecule has 0 amide bonds. The largest absolute Gasteiger partial charge is 0.453 e. The van der Waals surface area contributed by atoms with Gasteiger partial charge in [0, 0.05) is 12.0 Å². The molecule has 28 heavy (non-hydrogen) atoms. The molecule has 144 valence electrons. The van der Waals surface area contributed by atoms with Gasteiger partial charge in [-0.3, -0.25) is 9.78 Å². The van der Waals surface area contributed by atoms with Gasteiger partial charge in [0.15, 0.2) is 12.0 Å². The van der Waals surface area contributed by atoms with E-state index in [-0.39, 0.29) is 6.23 Å². The summed E-state index contributed by atoms with van der Waals surface area (Å²) in [4.78, 5) is 28.5. The lowest BCUT2D eigenvalue weighted by molar-refractivity contribution is -0.0366. The van der Waals surface area contributed by atoms with E-state index in [1.54, 1.807) is 11.6 Å². The van der Waals surface area contributed by atoms with Crippen LogP contribution in [0.4, 0.5) is 0 Å². The average molecular weight is 398 g/mol. The highest BCUT2D eigenvalue weighted by Gasteiger charge is 2.21. The number of aryl methyl sites for hydroxylation is 1. The Labute approximate surface area is 162 Å². The van der Waals surface area contributed by atoms with Crippen molar-refractivity contribution < 1.29 is 9.47 Å². The summed E-state index contributed by atoms with van der Waals surface area (Å²) in [6.07, 6.45) is 4.83. The van der Waals surface area contributed by atoms with E-state index < -0.39 is 11.2 Å². The van der Waals surface area contributed by atoms with Crippen molar-refractivity contribution >= 4 is 32.5 Å². The third kappa shape index (κ3) is 2.74. The van der Waals surface area contributed by atoms with Crippen LogP contribution in [-0.2, 0) is 4.74 Å². The number of nitrogens with one attached hydrogen (secondary N) is 2. The maximum absolute atomic E-state index is 12.0. The zero-order valence-electron chi connectivity index (χ0n) is 15.2. The summed E-state index contributed by atoms with van der Waals surface area (Å²) in [5.74, 6) is 1.10. The highest BCUT2D eigenvalue weighted by molar-refractivity contribution is 7.17. The summed E-state index contributed by atoms with van der Waals surface area (Å²) in [6, 6.07) is 3.99. The summed E-state index contributed by atoms with van der Waals surface area (Å²) < 4.78 is 14.4. The molecule has 9 heteroatoms. The number of thiophene rings is 1. The van der Waals surface area contributed by atoms with E-state index >= 15 is 0 Å². The molecule has 1 aliphatic heterocycles. The minimum absolute atomic E-state index is 0.0707. The molecule has 0 radical (unpaired) electrons. The first kappa shape index (κ1) is 17.2. The van der Waals surface area contributed by atoms with Crippen molar-refractivity contribution in [3.8, 4) is 11.5 Å². The van der Waals surface area contributed by atoms with Gasteiger partial charge in [-0.2, -0.15) is 5.10 Å². The molecule has 0 aliphatic carbocycles. The van der Waals surface area contributed by atoms with Gasteiger partial charge in [0.1, 0.15) is 16.0 Å². The van der Waals surface area contributed by atoms with Crippen molar-refractivity contribution in [3.05, 3.63) is 50.1 Å². The second kappa shape index (κ2) is 6.61. The molecule has 0 spiro atoms. The third-order valence-electron chi connectivity index (χ3n) is 5.00. The van der Waals surface area contributed by atoms with E-state index in [1.807, 2.05) is 23.7 Å². The van der Waals surface area contributed by atoms with Gasteiger partial charge in [-0.05, 0) is 37.8 Å². The fraction of sp³-hybridized carbons (Fsp3) is 0.316. The summed E-state index contributed by atoms with van der Waals surface area (Å²) in [6.45, 7) is 2.69. The van der Waals surface area contributed by atoms with E-state index in [0.29, 0.717) is 21.7 Å². The van der Waals surface area contributed by atoms with Crippen molar-refractivity contribution in [2.45, 2.75) is 32.4 Å². The Balaban J connectivity index is 1.61. The first-order chi connectivity index (χ1) is 13.6. The third-order valence-corrected chi connectivity index (χ3v) is 5.95. The molecular formula is C19H18N4O4S. The average Bonchev–Trinajstić information content (AvgIpc) is 3.29. The Morgan fingerprint density at radius 2 is 2.18 bits per heavy atom. The molecule has 0 saturated carbocycles. The Bertz CT molecular complexity index is 1290. The zero-order valence-corrected chi connectivity index (χ0v) is 16.0. The summed E-state index contributed by atoms with van der Waals surface area (Å²) in [5.41, 5.74) is 1.29. The maximum atomic E-state index is 12.0. The van der Waals surface area contributed by atoms with Crippen molar-refractivity contribution in [2.75, 3.05) is 6.61 Å². The number of benzene rings is 1. The van der Waals surface area contributed by atoms with Gasteiger partial charge in [-0.1, -0.05) is 6.07 Å². The fourth-order valence-electron chi connectivity index (χ4n) is 3.60. The van der Waals surface area contributed by atoms with Crippen molar-refractivity contribution in [2.24, 2.45) is 0 Å². The van der Waals surface area contributed by atoms with Gasteiger partial charge >= 0.3 is 5.69 Å². The zero-order chi connectivity index (χ0) is 19.3. The fourth-order valence-corrected chi connectivity index (χ4v) is 4.42. The number of aromatic nitrogens is 4. The highest BCUT2D eigenvalue weighted by atomic mass is 32.1. The minimum atomic E-state index is -0.557. The number of nitrogens with zero attached hydrogens (tertiary/aromatic N) is 2. The first-order valence-electron chi connectivity index (χ1n) is 9.12. The van der Waals surface area contributed by atoms with Crippen LogP contribution in [0.25, 0.3) is 21.1 Å². The number of ether oxygens (including phenoxy) is 2. The molecule has 3 aromatic heterocycles. The highest BCUT2D eigenvalue weighted by Crippen LogP contribution is 2.38. The molecule has 8 nitrogen and oxygen atoms in total. The van der Waals surface area contributed by atoms with Crippen LogP contribution in [0.2, 0.25) is 0 Å². The van der Waals surface area contributed by atoms with Crippen LogP contribution in [0.3, 0.4) is 0 Å². The smallest absolute Gasteiger partial charge is 0.326 e. The van der Waals surface area contributed by atoms with Crippen molar-refractivity contribution in [1.29, 1.82) is 0 Å². The Morgan fingerprint density at radius 3 is 3.00 bits per heavy atom. The lowest BCUT2D eigenvalue weighted by Crippen LogP contribution is -2.20. The molecule has 1 saturated heterocycles. The second-order valence-corrected chi connectivity index (χ2v) is 7.75. The summed E-state index contributed by atoms with van der Waals surface area (Å²) >= 11 is 1.23. The van der Waals surface area contributed by atoms with Crippen molar-refractivity contribution in [1.82, 2.24) is 19.7 Å². The summed E-state index contributed by atoms with van der Waals surface area (Å²) in [5, 5.41) is 7.13. The van der Waals surface area contributed by atoms with Gasteiger partial charge < -0.3 is 14.5 Å². The van der Waals surface area contributed by atoms with E-state index in [4.69, 9.17) is 9.47 Å². The molecule has 4 heterocycles. The van der Waals surface area contributed by atoms with Crippen LogP contribution >= 0.6 is 11.3 Å². The van der Waals surface area contributed by atoms with E-state index in [9.17, 15) is 9.59 Å². The van der Waals surface area contributed by atoms with Crippen LogP contribution < -0.4 is 16.0 Å². The van der Waals surface area contributed by atoms with E-state index in [0.717, 1.165) is 42.3 Å². The van der Waals surface area contributed by atoms with Gasteiger partial charge in [0.2, 0.25) is 0 Å². The predicted molar refractivity (Wildman–Crippen MR) is 106 cm³/mol. The van der Waals surface area contributed by atoms with E-state index in [2.05, 4.69) is 15.1 Å². The van der Waals surface area contributed by atoms with Crippen LogP contribution in [-0.4, -0.2) is 26.4 Å². The molecular weight excluding hydrogens is 380 g/mol. The molecule has 1 aromatic carbocycles. The standard InChI is InChI=1S/C19H18N4O4S/c1-10-5-6-12-11(8-20-23(12)14-4-2-3-7-26-14)16(10)27-13-9-28-17-15(13)21-19(25)22-18(17)24/h5-6,8-9,14H,2-4,7H2,1H3,(H2,21,22,24,25). The molecule has 1 aliphatic rings. The van der Waals surface area contributed by atoms with Gasteiger partial charge in [0.25, 0.3) is 5.56 Å². The molecule has 2 N–H and O–H groups in total. The lowest BCUT2D eigenvalue weighted by atomic mass is 10.1. The van der Waals surface area contributed by atoms with Crippen LogP contribution in [0.1, 0.15) is 31.1 Å². The second-order valence-electron chi connectivity index (χ2n) is 6.87. The van der Waals surface area contributed by atoms with Crippen LogP contribution in [0.15, 0.2) is 33.3 Å².